The molecule has 1 saturated heterocycles. The number of rotatable bonds is 2. The van der Waals surface area contributed by atoms with Crippen LogP contribution in [-0.4, -0.2) is 24.1 Å². The second kappa shape index (κ2) is 4.39. The van der Waals surface area contributed by atoms with E-state index in [2.05, 4.69) is 12.2 Å². The van der Waals surface area contributed by atoms with Crippen LogP contribution in [-0.2, 0) is 9.53 Å². The van der Waals surface area contributed by atoms with Gasteiger partial charge in [-0.15, -0.1) is 0 Å². The first-order valence-electron chi connectivity index (χ1n) is 5.24. The van der Waals surface area contributed by atoms with E-state index in [0.717, 1.165) is 12.2 Å². The van der Waals surface area contributed by atoms with Gasteiger partial charge in [-0.25, -0.2) is 0 Å². The van der Waals surface area contributed by atoms with Gasteiger partial charge in [0.15, 0.2) is 0 Å². The second-order valence-electron chi connectivity index (χ2n) is 3.89. The Morgan fingerprint density at radius 3 is 3.21 bits per heavy atom. The highest BCUT2D eigenvalue weighted by Crippen LogP contribution is 2.40. The third-order valence-corrected chi connectivity index (χ3v) is 4.29. The Morgan fingerprint density at radius 2 is 2.43 bits per heavy atom. The number of hydrogen-bond donors (Lipinski definition) is 0. The summed E-state index contributed by atoms with van der Waals surface area (Å²) in [6.07, 6.45) is 5.30. The molecule has 2 aliphatic rings. The van der Waals surface area contributed by atoms with Gasteiger partial charge in [0.1, 0.15) is 0 Å². The summed E-state index contributed by atoms with van der Waals surface area (Å²) in [4.78, 5) is 11.7. The molecule has 0 amide bonds. The number of carbonyl (C=O) groups excluding carboxylic acids is 1. The van der Waals surface area contributed by atoms with Crippen molar-refractivity contribution in [3.05, 3.63) is 12.2 Å². The van der Waals surface area contributed by atoms with E-state index in [0.29, 0.717) is 18.4 Å². The number of fused-ring (bicyclic) bond motifs is 1. The van der Waals surface area contributed by atoms with Gasteiger partial charge in [-0.2, -0.15) is 11.8 Å². The Morgan fingerprint density at radius 1 is 1.57 bits per heavy atom. The minimum Gasteiger partial charge on any atom is -0.466 e. The van der Waals surface area contributed by atoms with E-state index in [1.807, 2.05) is 18.7 Å². The number of hydrogen-bond acceptors (Lipinski definition) is 3. The first-order valence-corrected chi connectivity index (χ1v) is 6.39. The summed E-state index contributed by atoms with van der Waals surface area (Å²) in [7, 11) is 0. The maximum absolute atomic E-state index is 11.7. The summed E-state index contributed by atoms with van der Waals surface area (Å²) >= 11 is 1.96. The van der Waals surface area contributed by atoms with Crippen molar-refractivity contribution < 1.29 is 9.53 Å². The van der Waals surface area contributed by atoms with E-state index in [9.17, 15) is 4.79 Å². The van der Waals surface area contributed by atoms with Crippen LogP contribution in [0.3, 0.4) is 0 Å². The van der Waals surface area contributed by atoms with Crippen LogP contribution in [0.15, 0.2) is 12.2 Å². The monoisotopic (exact) mass is 212 g/mol. The Balaban J connectivity index is 2.04. The first kappa shape index (κ1) is 10.1. The second-order valence-corrected chi connectivity index (χ2v) is 4.96. The molecule has 2 nitrogen and oxygen atoms in total. The fourth-order valence-electron chi connectivity index (χ4n) is 2.30. The van der Waals surface area contributed by atoms with Crippen LogP contribution in [0.25, 0.3) is 0 Å². The van der Waals surface area contributed by atoms with Gasteiger partial charge in [0, 0.05) is 0 Å². The maximum Gasteiger partial charge on any atom is 0.309 e. The molecule has 1 aliphatic heterocycles. The Labute approximate surface area is 89.1 Å². The first-order chi connectivity index (χ1) is 6.83. The van der Waals surface area contributed by atoms with Crippen molar-refractivity contribution >= 4 is 17.7 Å². The van der Waals surface area contributed by atoms with Gasteiger partial charge < -0.3 is 4.74 Å². The quantitative estimate of drug-likeness (QED) is 0.518. The topological polar surface area (TPSA) is 26.3 Å². The highest BCUT2D eigenvalue weighted by Gasteiger charge is 2.38. The molecule has 0 N–H and O–H groups in total. The summed E-state index contributed by atoms with van der Waals surface area (Å²) in [5.41, 5.74) is 0. The fourth-order valence-corrected chi connectivity index (χ4v) is 3.81. The molecule has 1 fully saturated rings. The normalized spacial score (nSPS) is 35.4. The van der Waals surface area contributed by atoms with Crippen LogP contribution in [0.4, 0.5) is 0 Å². The van der Waals surface area contributed by atoms with Crippen LogP contribution >= 0.6 is 11.8 Å². The SMILES string of the molecule is CCOC(=O)[C@@H]1CC=C[C@@H]2CSC[C@H]21. The van der Waals surface area contributed by atoms with Gasteiger partial charge in [-0.3, -0.25) is 4.79 Å². The van der Waals surface area contributed by atoms with E-state index in [1.165, 1.54) is 5.75 Å². The molecule has 0 spiro atoms. The van der Waals surface area contributed by atoms with Crippen LogP contribution in [0.2, 0.25) is 0 Å². The average molecular weight is 212 g/mol. The molecule has 1 aliphatic carbocycles. The molecule has 0 aromatic carbocycles. The van der Waals surface area contributed by atoms with E-state index < -0.39 is 0 Å². The third-order valence-electron chi connectivity index (χ3n) is 3.05. The van der Waals surface area contributed by atoms with Gasteiger partial charge >= 0.3 is 5.97 Å². The molecule has 2 rings (SSSR count). The number of allylic oxidation sites excluding steroid dienone is 2. The standard InChI is InChI=1S/C11H16O2S/c1-2-13-11(12)9-5-3-4-8-6-14-7-10(8)9/h3-4,8-10H,2,5-7H2,1H3/t8-,9-,10-/m1/s1. The van der Waals surface area contributed by atoms with Gasteiger partial charge in [0.05, 0.1) is 12.5 Å². The van der Waals surface area contributed by atoms with Crippen molar-refractivity contribution in [3.8, 4) is 0 Å². The average Bonchev–Trinajstić information content (AvgIpc) is 2.65. The molecule has 0 unspecified atom stereocenters. The van der Waals surface area contributed by atoms with Crippen molar-refractivity contribution in [1.29, 1.82) is 0 Å². The molecule has 78 valence electrons. The van der Waals surface area contributed by atoms with Crippen LogP contribution in [0.1, 0.15) is 13.3 Å². The van der Waals surface area contributed by atoms with Gasteiger partial charge in [0.2, 0.25) is 0 Å². The minimum absolute atomic E-state index is 0.00866. The zero-order valence-electron chi connectivity index (χ0n) is 8.44. The minimum atomic E-state index is 0.00866. The number of esters is 1. The summed E-state index contributed by atoms with van der Waals surface area (Å²) in [6.45, 7) is 2.38. The van der Waals surface area contributed by atoms with E-state index in [1.54, 1.807) is 0 Å². The lowest BCUT2D eigenvalue weighted by Gasteiger charge is -2.27. The molecule has 3 heteroatoms. The van der Waals surface area contributed by atoms with E-state index >= 15 is 0 Å². The molecule has 0 saturated carbocycles. The van der Waals surface area contributed by atoms with Crippen molar-refractivity contribution in [2.24, 2.45) is 17.8 Å². The molecule has 3 atom stereocenters. The Kier molecular flexibility index (Phi) is 3.16. The molecule has 0 aromatic rings. The van der Waals surface area contributed by atoms with Crippen LogP contribution < -0.4 is 0 Å². The summed E-state index contributed by atoms with van der Waals surface area (Å²) in [5, 5.41) is 0. The van der Waals surface area contributed by atoms with Crippen molar-refractivity contribution in [2.45, 2.75) is 13.3 Å². The van der Waals surface area contributed by atoms with E-state index in [4.69, 9.17) is 4.74 Å². The Bertz CT molecular complexity index is 250. The van der Waals surface area contributed by atoms with Crippen LogP contribution in [0.5, 0.6) is 0 Å². The van der Waals surface area contributed by atoms with Gasteiger partial charge in [0.25, 0.3) is 0 Å². The van der Waals surface area contributed by atoms with Crippen LogP contribution in [0, 0.1) is 17.8 Å². The number of thioether (sulfide) groups is 1. The maximum atomic E-state index is 11.7. The zero-order valence-corrected chi connectivity index (χ0v) is 9.26. The molecule has 1 heterocycles. The Hall–Kier alpha value is -0.440. The lowest BCUT2D eigenvalue weighted by atomic mass is 9.78. The number of ether oxygens (including phenoxy) is 1. The van der Waals surface area contributed by atoms with E-state index in [-0.39, 0.29) is 11.9 Å². The molecule has 14 heavy (non-hydrogen) atoms. The molecule has 0 radical (unpaired) electrons. The summed E-state index contributed by atoms with van der Waals surface area (Å²) < 4.78 is 5.11. The largest absolute Gasteiger partial charge is 0.466 e. The van der Waals surface area contributed by atoms with Crippen molar-refractivity contribution in [3.63, 3.8) is 0 Å². The van der Waals surface area contributed by atoms with Gasteiger partial charge in [-0.05, 0) is 36.7 Å². The molecular formula is C11H16O2S. The summed E-state index contributed by atoms with van der Waals surface area (Å²) in [5.74, 6) is 3.58. The van der Waals surface area contributed by atoms with Crippen molar-refractivity contribution in [2.75, 3.05) is 18.1 Å². The highest BCUT2D eigenvalue weighted by atomic mass is 32.2. The lowest BCUT2D eigenvalue weighted by Crippen LogP contribution is -2.31. The fraction of sp³-hybridized carbons (Fsp3) is 0.727. The predicted molar refractivity (Wildman–Crippen MR) is 58.2 cm³/mol. The van der Waals surface area contributed by atoms with Crippen molar-refractivity contribution in [1.82, 2.24) is 0 Å². The third kappa shape index (κ3) is 1.83. The predicted octanol–water partition coefficient (Wildman–Crippen LogP) is 2.10. The summed E-state index contributed by atoms with van der Waals surface area (Å²) in [6, 6.07) is 0. The highest BCUT2D eigenvalue weighted by molar-refractivity contribution is 7.99. The lowest BCUT2D eigenvalue weighted by molar-refractivity contribution is -0.150. The van der Waals surface area contributed by atoms with Gasteiger partial charge in [-0.1, -0.05) is 12.2 Å². The zero-order chi connectivity index (χ0) is 9.97. The molecule has 0 aromatic heterocycles. The number of carbonyl (C=O) groups is 1. The molecule has 0 bridgehead atoms. The molecular weight excluding hydrogens is 196 g/mol. The smallest absolute Gasteiger partial charge is 0.309 e.